The number of amides is 1. The van der Waals surface area contributed by atoms with Crippen LogP contribution < -0.4 is 5.32 Å². The minimum Gasteiger partial charge on any atom is -0.392 e. The molecule has 1 N–H and O–H groups in total. The van der Waals surface area contributed by atoms with Gasteiger partial charge in [0, 0.05) is 18.2 Å². The number of sulfone groups is 1. The molecule has 2 aromatic carbocycles. The normalized spacial score (nSPS) is 14.8. The van der Waals surface area contributed by atoms with Crippen molar-refractivity contribution in [3.8, 4) is 0 Å². The second-order valence-corrected chi connectivity index (χ2v) is 11.4. The molecule has 178 valence electrons. The maximum Gasteiger partial charge on any atom is 0.280 e. The van der Waals surface area contributed by atoms with E-state index in [2.05, 4.69) is 20.7 Å². The summed E-state index contributed by atoms with van der Waals surface area (Å²) in [5.74, 6) is -0.552. The molecule has 34 heavy (non-hydrogen) atoms. The van der Waals surface area contributed by atoms with E-state index in [1.165, 1.54) is 29.5 Å². The first kappa shape index (κ1) is 24.3. The highest BCUT2D eigenvalue weighted by molar-refractivity contribution is 7.90. The molecule has 1 fully saturated rings. The number of anilines is 1. The minimum atomic E-state index is -3.51. The molecule has 0 aliphatic heterocycles. The second-order valence-electron chi connectivity index (χ2n) is 7.99. The smallest absolute Gasteiger partial charge is 0.280 e. The van der Waals surface area contributed by atoms with Crippen molar-refractivity contribution in [3.63, 3.8) is 0 Å². The molecule has 1 saturated carbocycles. The zero-order chi connectivity index (χ0) is 24.1. The van der Waals surface area contributed by atoms with Gasteiger partial charge in [-0.15, -0.1) is 10.2 Å². The van der Waals surface area contributed by atoms with Crippen LogP contribution in [0.4, 0.5) is 5.13 Å². The largest absolute Gasteiger partial charge is 0.392 e. The quantitative estimate of drug-likeness (QED) is 0.347. The van der Waals surface area contributed by atoms with Gasteiger partial charge in [-0.05, 0) is 43.4 Å². The van der Waals surface area contributed by atoms with Crippen molar-refractivity contribution >= 4 is 49.5 Å². The first-order valence-electron chi connectivity index (χ1n) is 10.7. The number of carbonyl (C=O) groups excluding carboxylic acids is 1. The summed E-state index contributed by atoms with van der Waals surface area (Å²) >= 11 is 7.47. The lowest BCUT2D eigenvalue weighted by molar-refractivity contribution is -0.110. The van der Waals surface area contributed by atoms with Gasteiger partial charge in [-0.25, -0.2) is 8.42 Å². The van der Waals surface area contributed by atoms with Gasteiger partial charge in [0.25, 0.3) is 5.91 Å². The van der Waals surface area contributed by atoms with E-state index in [4.69, 9.17) is 16.4 Å². The predicted molar refractivity (Wildman–Crippen MR) is 132 cm³/mol. The Morgan fingerprint density at radius 2 is 1.91 bits per heavy atom. The van der Waals surface area contributed by atoms with Gasteiger partial charge in [-0.2, -0.15) is 0 Å². The van der Waals surface area contributed by atoms with Crippen molar-refractivity contribution in [2.24, 2.45) is 5.16 Å². The molecular formula is C23H23ClN4O4S2. The summed E-state index contributed by atoms with van der Waals surface area (Å²) < 4.78 is 23.8. The Hall–Kier alpha value is -2.82. The number of nitrogens with zero attached hydrogens (tertiary/aromatic N) is 3. The van der Waals surface area contributed by atoms with Gasteiger partial charge in [-0.1, -0.05) is 64.5 Å². The highest BCUT2D eigenvalue weighted by Gasteiger charge is 2.23. The average molecular weight is 519 g/mol. The lowest BCUT2D eigenvalue weighted by atomic mass is 10.1. The van der Waals surface area contributed by atoms with E-state index >= 15 is 0 Å². The lowest BCUT2D eigenvalue weighted by Crippen LogP contribution is -2.25. The van der Waals surface area contributed by atoms with Crippen molar-refractivity contribution in [3.05, 3.63) is 69.7 Å². The van der Waals surface area contributed by atoms with Gasteiger partial charge in [0.2, 0.25) is 5.13 Å². The number of hydrogen-bond donors (Lipinski definition) is 1. The highest BCUT2D eigenvalue weighted by Crippen LogP contribution is 2.25. The van der Waals surface area contributed by atoms with Crippen LogP contribution in [-0.2, 0) is 25.9 Å². The molecule has 0 radical (unpaired) electrons. The van der Waals surface area contributed by atoms with E-state index < -0.39 is 15.7 Å². The van der Waals surface area contributed by atoms with Crippen molar-refractivity contribution in [1.82, 2.24) is 10.2 Å². The Balaban J connectivity index is 1.56. The molecule has 0 bridgehead atoms. The van der Waals surface area contributed by atoms with Crippen LogP contribution in [0.5, 0.6) is 0 Å². The van der Waals surface area contributed by atoms with Crippen LogP contribution in [0.1, 0.15) is 41.8 Å². The van der Waals surface area contributed by atoms with Gasteiger partial charge in [0.1, 0.15) is 11.1 Å². The fourth-order valence-corrected chi connectivity index (χ4v) is 5.70. The fraction of sp³-hybridized carbons (Fsp3) is 0.304. The molecule has 0 saturated heterocycles. The Kier molecular flexibility index (Phi) is 7.60. The molecule has 1 amide bonds. The molecule has 3 aromatic rings. The number of hydrogen-bond acceptors (Lipinski definition) is 8. The van der Waals surface area contributed by atoms with E-state index in [1.807, 2.05) is 30.3 Å². The standard InChI is InChI=1S/C23H23ClN4O4S2/c1-34(30,31)19-12-11-16(14-18(19)24)21(28-32-17-9-5-6-10-17)22(29)25-23-27-26-20(33-23)13-15-7-3-2-4-8-15/h2-4,7-8,11-12,14,17H,5-6,9-10,13H2,1H3,(H,25,27,29). The van der Waals surface area contributed by atoms with Crippen LogP contribution in [-0.4, -0.2) is 42.6 Å². The van der Waals surface area contributed by atoms with Crippen LogP contribution in [0.25, 0.3) is 0 Å². The van der Waals surface area contributed by atoms with E-state index in [0.717, 1.165) is 42.5 Å². The van der Waals surface area contributed by atoms with Gasteiger partial charge >= 0.3 is 0 Å². The Morgan fingerprint density at radius 3 is 2.59 bits per heavy atom. The van der Waals surface area contributed by atoms with Crippen LogP contribution >= 0.6 is 22.9 Å². The Morgan fingerprint density at radius 1 is 1.18 bits per heavy atom. The zero-order valence-corrected chi connectivity index (χ0v) is 20.8. The van der Waals surface area contributed by atoms with Crippen LogP contribution in [0.15, 0.2) is 58.6 Å². The van der Waals surface area contributed by atoms with Crippen LogP contribution in [0.2, 0.25) is 5.02 Å². The van der Waals surface area contributed by atoms with Crippen molar-refractivity contribution in [2.45, 2.75) is 43.1 Å². The minimum absolute atomic E-state index is 0.00225. The molecule has 0 atom stereocenters. The summed E-state index contributed by atoms with van der Waals surface area (Å²) in [6.07, 6.45) is 5.44. The van der Waals surface area contributed by atoms with E-state index in [0.29, 0.717) is 17.1 Å². The average Bonchev–Trinajstić information content (AvgIpc) is 3.46. The number of aromatic nitrogens is 2. The van der Waals surface area contributed by atoms with Crippen molar-refractivity contribution < 1.29 is 18.0 Å². The maximum atomic E-state index is 13.1. The molecule has 8 nitrogen and oxygen atoms in total. The van der Waals surface area contributed by atoms with Crippen molar-refractivity contribution in [2.75, 3.05) is 11.6 Å². The lowest BCUT2D eigenvalue weighted by Gasteiger charge is -2.11. The summed E-state index contributed by atoms with van der Waals surface area (Å²) in [6.45, 7) is 0. The Bertz CT molecular complexity index is 1300. The molecule has 1 aromatic heterocycles. The summed E-state index contributed by atoms with van der Waals surface area (Å²) in [6, 6.07) is 14.1. The molecule has 4 rings (SSSR count). The molecule has 1 aliphatic rings. The van der Waals surface area contributed by atoms with E-state index in [-0.39, 0.29) is 21.7 Å². The van der Waals surface area contributed by atoms with Gasteiger partial charge in [-0.3, -0.25) is 10.1 Å². The van der Waals surface area contributed by atoms with E-state index in [9.17, 15) is 13.2 Å². The summed E-state index contributed by atoms with van der Waals surface area (Å²) in [7, 11) is -3.51. The van der Waals surface area contributed by atoms with Crippen LogP contribution in [0.3, 0.4) is 0 Å². The summed E-state index contributed by atoms with van der Waals surface area (Å²) in [5, 5.41) is 16.1. The van der Waals surface area contributed by atoms with Gasteiger partial charge < -0.3 is 4.84 Å². The number of oxime groups is 1. The predicted octanol–water partition coefficient (Wildman–Crippen LogP) is 4.49. The fourth-order valence-electron chi connectivity index (χ4n) is 3.60. The molecule has 1 heterocycles. The topological polar surface area (TPSA) is 111 Å². The number of benzene rings is 2. The molecule has 11 heteroatoms. The third kappa shape index (κ3) is 6.19. The number of halogens is 1. The third-order valence-corrected chi connectivity index (χ3v) is 7.72. The van der Waals surface area contributed by atoms with Gasteiger partial charge in [0.05, 0.1) is 9.92 Å². The molecule has 0 spiro atoms. The number of rotatable bonds is 8. The third-order valence-electron chi connectivity index (χ3n) is 5.30. The first-order valence-corrected chi connectivity index (χ1v) is 13.8. The monoisotopic (exact) mass is 518 g/mol. The van der Waals surface area contributed by atoms with Gasteiger partial charge in [0.15, 0.2) is 15.5 Å². The first-order chi connectivity index (χ1) is 16.3. The second kappa shape index (κ2) is 10.6. The zero-order valence-electron chi connectivity index (χ0n) is 18.4. The van der Waals surface area contributed by atoms with Crippen LogP contribution in [0, 0.1) is 0 Å². The molecule has 0 unspecified atom stereocenters. The molecule has 1 aliphatic carbocycles. The van der Waals surface area contributed by atoms with E-state index in [1.54, 1.807) is 0 Å². The number of nitrogens with one attached hydrogen (secondary N) is 1. The molecular weight excluding hydrogens is 496 g/mol. The highest BCUT2D eigenvalue weighted by atomic mass is 35.5. The summed E-state index contributed by atoms with van der Waals surface area (Å²) in [5.41, 5.74) is 1.40. The van der Waals surface area contributed by atoms with Crippen molar-refractivity contribution in [1.29, 1.82) is 0 Å². The summed E-state index contributed by atoms with van der Waals surface area (Å²) in [4.78, 5) is 18.7. The Labute approximate surface area is 206 Å². The number of carbonyl (C=O) groups is 1. The SMILES string of the molecule is CS(=O)(=O)c1ccc(C(=NOC2CCCC2)C(=O)Nc2nnc(Cc3ccccc3)s2)cc1Cl. The maximum absolute atomic E-state index is 13.1.